The number of rotatable bonds is 9. The Kier molecular flexibility index (Phi) is 11.1. The monoisotopic (exact) mass is 552 g/mol. The van der Waals surface area contributed by atoms with Crippen LogP contribution in [-0.4, -0.2) is 44.2 Å². The van der Waals surface area contributed by atoms with Gasteiger partial charge >= 0.3 is 0 Å². The fraction of sp³-hybridized carbons (Fsp3) is 0.417. The Hall–Kier alpha value is -2.49. The van der Waals surface area contributed by atoms with E-state index in [1.54, 1.807) is 0 Å². The molecule has 0 aromatic heterocycles. The summed E-state index contributed by atoms with van der Waals surface area (Å²) >= 11 is 0. The second kappa shape index (κ2) is 13.8. The number of unbranched alkanes of at least 4 members (excludes halogenated alkanes) is 1. The van der Waals surface area contributed by atoms with Gasteiger partial charge < -0.3 is 25.4 Å². The third kappa shape index (κ3) is 7.89. The summed E-state index contributed by atoms with van der Waals surface area (Å²) in [7, 11) is 0. The highest BCUT2D eigenvalue weighted by atomic mass is 127. The molecule has 1 heterocycles. The van der Waals surface area contributed by atoms with Crippen molar-refractivity contribution in [3.63, 3.8) is 0 Å². The molecular weight excluding hydrogens is 519 g/mol. The molecule has 1 aliphatic rings. The Bertz CT molecular complexity index is 874. The van der Waals surface area contributed by atoms with Crippen molar-refractivity contribution in [2.75, 3.05) is 26.2 Å². The predicted molar refractivity (Wildman–Crippen MR) is 138 cm³/mol. The summed E-state index contributed by atoms with van der Waals surface area (Å²) in [6.07, 6.45) is 1.96. The summed E-state index contributed by atoms with van der Waals surface area (Å²) in [6, 6.07) is 15.3. The van der Waals surface area contributed by atoms with Gasteiger partial charge in [-0.2, -0.15) is 0 Å². The molecule has 32 heavy (non-hydrogen) atoms. The number of hydrogen-bond donors (Lipinski definition) is 3. The van der Waals surface area contributed by atoms with Crippen molar-refractivity contribution < 1.29 is 14.3 Å². The molecule has 3 N–H and O–H groups in total. The normalized spacial score (nSPS) is 14.8. The van der Waals surface area contributed by atoms with Crippen molar-refractivity contribution in [3.05, 3.63) is 59.7 Å². The fourth-order valence-electron chi connectivity index (χ4n) is 3.13. The zero-order valence-corrected chi connectivity index (χ0v) is 21.1. The van der Waals surface area contributed by atoms with Gasteiger partial charge in [-0.3, -0.25) is 4.79 Å². The molecule has 0 bridgehead atoms. The van der Waals surface area contributed by atoms with Crippen LogP contribution in [-0.2, 0) is 6.54 Å². The SMILES string of the molecule is CCCCNC(=O)c1ccc(CN=C(NCC)NCC2COc3ccccc3O2)cc1.I. The second-order valence-electron chi connectivity index (χ2n) is 7.38. The van der Waals surface area contributed by atoms with E-state index in [4.69, 9.17) is 9.47 Å². The minimum Gasteiger partial charge on any atom is -0.486 e. The van der Waals surface area contributed by atoms with Crippen LogP contribution in [0.15, 0.2) is 53.5 Å². The lowest BCUT2D eigenvalue weighted by Crippen LogP contribution is -2.45. The van der Waals surface area contributed by atoms with Gasteiger partial charge in [-0.15, -0.1) is 24.0 Å². The van der Waals surface area contributed by atoms with Crippen molar-refractivity contribution >= 4 is 35.8 Å². The number of carbonyl (C=O) groups excluding carboxylic acids is 1. The number of hydrogen-bond acceptors (Lipinski definition) is 4. The smallest absolute Gasteiger partial charge is 0.251 e. The van der Waals surface area contributed by atoms with E-state index in [1.165, 1.54) is 0 Å². The maximum atomic E-state index is 12.1. The first-order chi connectivity index (χ1) is 15.2. The number of halogens is 1. The van der Waals surface area contributed by atoms with E-state index in [2.05, 4.69) is 27.9 Å². The highest BCUT2D eigenvalue weighted by molar-refractivity contribution is 14.0. The first-order valence-corrected chi connectivity index (χ1v) is 11.0. The molecule has 1 aliphatic heterocycles. The molecule has 2 aromatic carbocycles. The molecule has 0 spiro atoms. The zero-order valence-electron chi connectivity index (χ0n) is 18.7. The lowest BCUT2D eigenvalue weighted by molar-refractivity contribution is 0.0936. The molecule has 0 radical (unpaired) electrons. The second-order valence-corrected chi connectivity index (χ2v) is 7.38. The first-order valence-electron chi connectivity index (χ1n) is 11.0. The maximum absolute atomic E-state index is 12.1. The number of benzene rings is 2. The molecule has 0 saturated heterocycles. The summed E-state index contributed by atoms with van der Waals surface area (Å²) in [4.78, 5) is 16.8. The van der Waals surface area contributed by atoms with Crippen molar-refractivity contribution in [2.45, 2.75) is 39.3 Å². The molecule has 1 unspecified atom stereocenters. The van der Waals surface area contributed by atoms with Gasteiger partial charge in [-0.05, 0) is 43.2 Å². The number of amides is 1. The van der Waals surface area contributed by atoms with Crippen LogP contribution in [0.5, 0.6) is 11.5 Å². The van der Waals surface area contributed by atoms with Gasteiger partial charge in [0, 0.05) is 18.7 Å². The number of guanidine groups is 1. The van der Waals surface area contributed by atoms with Crippen LogP contribution in [0.25, 0.3) is 0 Å². The lowest BCUT2D eigenvalue weighted by Gasteiger charge is -2.27. The average Bonchev–Trinajstić information content (AvgIpc) is 2.81. The fourth-order valence-corrected chi connectivity index (χ4v) is 3.13. The van der Waals surface area contributed by atoms with E-state index in [0.717, 1.165) is 36.4 Å². The molecule has 0 fully saturated rings. The Balaban J connectivity index is 0.00000363. The summed E-state index contributed by atoms with van der Waals surface area (Å²) in [5.41, 5.74) is 1.71. The number of nitrogens with zero attached hydrogens (tertiary/aromatic N) is 1. The van der Waals surface area contributed by atoms with Gasteiger partial charge in [0.1, 0.15) is 12.7 Å². The lowest BCUT2D eigenvalue weighted by atomic mass is 10.1. The van der Waals surface area contributed by atoms with E-state index in [-0.39, 0.29) is 36.0 Å². The van der Waals surface area contributed by atoms with Crippen LogP contribution >= 0.6 is 24.0 Å². The van der Waals surface area contributed by atoms with Crippen LogP contribution in [0, 0.1) is 0 Å². The van der Waals surface area contributed by atoms with E-state index < -0.39 is 0 Å². The van der Waals surface area contributed by atoms with Crippen molar-refractivity contribution in [2.24, 2.45) is 4.99 Å². The summed E-state index contributed by atoms with van der Waals surface area (Å²) in [5.74, 6) is 2.23. The summed E-state index contributed by atoms with van der Waals surface area (Å²) in [6.45, 7) is 7.18. The Morgan fingerprint density at radius 3 is 2.50 bits per heavy atom. The molecule has 2 aromatic rings. The average molecular weight is 552 g/mol. The van der Waals surface area contributed by atoms with E-state index in [1.807, 2.05) is 55.5 Å². The molecule has 3 rings (SSSR count). The molecule has 1 atom stereocenters. The molecule has 0 aliphatic carbocycles. The largest absolute Gasteiger partial charge is 0.486 e. The van der Waals surface area contributed by atoms with Crippen LogP contribution in [0.2, 0.25) is 0 Å². The van der Waals surface area contributed by atoms with Crippen molar-refractivity contribution in [1.29, 1.82) is 0 Å². The topological polar surface area (TPSA) is 84.0 Å². The maximum Gasteiger partial charge on any atom is 0.251 e. The zero-order chi connectivity index (χ0) is 21.9. The molecule has 8 heteroatoms. The first kappa shape index (κ1) is 25.8. The van der Waals surface area contributed by atoms with Crippen molar-refractivity contribution in [1.82, 2.24) is 16.0 Å². The number of aliphatic imine (C=N–C) groups is 1. The third-order valence-corrected chi connectivity index (χ3v) is 4.86. The number of carbonyl (C=O) groups is 1. The highest BCUT2D eigenvalue weighted by Crippen LogP contribution is 2.30. The number of para-hydroxylation sites is 2. The van der Waals surface area contributed by atoms with E-state index >= 15 is 0 Å². The van der Waals surface area contributed by atoms with Crippen LogP contribution in [0.4, 0.5) is 0 Å². The van der Waals surface area contributed by atoms with Gasteiger partial charge in [0.2, 0.25) is 0 Å². The molecule has 7 nitrogen and oxygen atoms in total. The minimum absolute atomic E-state index is 0. The van der Waals surface area contributed by atoms with Gasteiger partial charge in [0.05, 0.1) is 13.1 Å². The van der Waals surface area contributed by atoms with Gasteiger partial charge in [-0.1, -0.05) is 37.6 Å². The van der Waals surface area contributed by atoms with Crippen LogP contribution in [0.1, 0.15) is 42.6 Å². The minimum atomic E-state index is -0.0933. The predicted octanol–water partition coefficient (Wildman–Crippen LogP) is 3.73. The highest BCUT2D eigenvalue weighted by Gasteiger charge is 2.20. The third-order valence-electron chi connectivity index (χ3n) is 4.86. The number of nitrogens with one attached hydrogen (secondary N) is 3. The van der Waals surface area contributed by atoms with E-state index in [9.17, 15) is 4.79 Å². The van der Waals surface area contributed by atoms with Crippen LogP contribution < -0.4 is 25.4 Å². The quantitative estimate of drug-likeness (QED) is 0.191. The van der Waals surface area contributed by atoms with Gasteiger partial charge in [-0.25, -0.2) is 4.99 Å². The number of ether oxygens (including phenoxy) is 2. The van der Waals surface area contributed by atoms with Gasteiger partial charge in [0.25, 0.3) is 5.91 Å². The Morgan fingerprint density at radius 2 is 1.78 bits per heavy atom. The summed E-state index contributed by atoms with van der Waals surface area (Å²) < 4.78 is 11.7. The van der Waals surface area contributed by atoms with E-state index in [0.29, 0.717) is 37.8 Å². The van der Waals surface area contributed by atoms with Crippen molar-refractivity contribution in [3.8, 4) is 11.5 Å². The Morgan fingerprint density at radius 1 is 1.03 bits per heavy atom. The molecule has 0 saturated carbocycles. The summed E-state index contributed by atoms with van der Waals surface area (Å²) in [5, 5.41) is 9.50. The standard InChI is InChI=1S/C24H32N4O3.HI/c1-3-5-14-26-23(29)19-12-10-18(11-13-19)15-27-24(25-4-2)28-16-20-17-30-21-8-6-7-9-22(21)31-20;/h6-13,20H,3-5,14-17H2,1-2H3,(H,26,29)(H2,25,27,28);1H. The Labute approximate surface area is 207 Å². The molecular formula is C24H33IN4O3. The van der Waals surface area contributed by atoms with Gasteiger partial charge in [0.15, 0.2) is 17.5 Å². The molecule has 1 amide bonds. The van der Waals surface area contributed by atoms with Crippen LogP contribution in [0.3, 0.4) is 0 Å². The molecule has 174 valence electrons. The number of fused-ring (bicyclic) bond motifs is 1.